The number of carbonyl (C=O) groups excluding carboxylic acids is 1. The summed E-state index contributed by atoms with van der Waals surface area (Å²) >= 11 is 0. The number of rotatable bonds is 8. The van der Waals surface area contributed by atoms with Crippen molar-refractivity contribution in [2.24, 2.45) is 0 Å². The predicted octanol–water partition coefficient (Wildman–Crippen LogP) is 6.83. The van der Waals surface area contributed by atoms with Crippen molar-refractivity contribution in [3.8, 4) is 23.0 Å². The molecule has 224 valence electrons. The molecule has 0 saturated carbocycles. The highest BCUT2D eigenvalue weighted by Gasteiger charge is 2.24. The topological polar surface area (TPSA) is 70.5 Å². The van der Waals surface area contributed by atoms with Gasteiger partial charge in [0.25, 0.3) is 0 Å². The average molecular weight is 594 g/mol. The van der Waals surface area contributed by atoms with Crippen molar-refractivity contribution in [1.29, 1.82) is 0 Å². The zero-order valence-corrected chi connectivity index (χ0v) is 25.1. The third-order valence-corrected chi connectivity index (χ3v) is 8.63. The zero-order chi connectivity index (χ0) is 30.6. The minimum Gasteiger partial charge on any atom is -0.380 e. The van der Waals surface area contributed by atoms with E-state index in [9.17, 15) is 9.90 Å². The Morgan fingerprint density at radius 1 is 0.867 bits per heavy atom. The molecule has 0 radical (unpaired) electrons. The smallest absolute Gasteiger partial charge is 0.196 e. The number of morpholine rings is 1. The molecule has 7 rings (SSSR count). The molecule has 0 aliphatic carbocycles. The number of aliphatic hydroxyl groups excluding tert-OH is 1. The molecular weight excluding hydrogens is 558 g/mol. The van der Waals surface area contributed by atoms with E-state index >= 15 is 0 Å². The van der Waals surface area contributed by atoms with Crippen LogP contribution >= 0.6 is 0 Å². The molecule has 0 bridgehead atoms. The first-order valence-electron chi connectivity index (χ1n) is 15.5. The SMILES string of the molecule is O=C(c1cccc(C#Cc2ccc3c(ccn3CCCN3CCOCC3)c2)c1-c1ccc2cc[nH]c2c1)C(O)c1ccccc1. The lowest BCUT2D eigenvalue weighted by Gasteiger charge is -2.26. The highest BCUT2D eigenvalue weighted by atomic mass is 16.5. The highest BCUT2D eigenvalue weighted by Crippen LogP contribution is 2.33. The number of aliphatic hydroxyl groups is 1. The first kappa shape index (κ1) is 28.8. The van der Waals surface area contributed by atoms with Gasteiger partial charge in [0.2, 0.25) is 0 Å². The Morgan fingerprint density at radius 3 is 2.60 bits per heavy atom. The van der Waals surface area contributed by atoms with Crippen molar-refractivity contribution >= 4 is 27.6 Å². The maximum absolute atomic E-state index is 13.8. The number of H-pyrrole nitrogens is 1. The number of hydrogen-bond acceptors (Lipinski definition) is 4. The molecule has 6 aromatic rings. The fourth-order valence-corrected chi connectivity index (χ4v) is 6.21. The number of ketones is 1. The summed E-state index contributed by atoms with van der Waals surface area (Å²) in [6.45, 7) is 5.74. The van der Waals surface area contributed by atoms with E-state index in [1.807, 2.05) is 60.8 Å². The van der Waals surface area contributed by atoms with Gasteiger partial charge in [-0.05, 0) is 65.4 Å². The van der Waals surface area contributed by atoms with Crippen molar-refractivity contribution in [3.63, 3.8) is 0 Å². The summed E-state index contributed by atoms with van der Waals surface area (Å²) in [5, 5.41) is 13.3. The van der Waals surface area contributed by atoms with E-state index in [4.69, 9.17) is 4.74 Å². The molecule has 1 saturated heterocycles. The molecule has 4 aromatic carbocycles. The summed E-state index contributed by atoms with van der Waals surface area (Å²) in [7, 11) is 0. The third kappa shape index (κ3) is 6.20. The summed E-state index contributed by atoms with van der Waals surface area (Å²) in [5.41, 5.74) is 6.38. The molecule has 6 nitrogen and oxygen atoms in total. The van der Waals surface area contributed by atoms with E-state index in [1.165, 1.54) is 5.52 Å². The van der Waals surface area contributed by atoms with Crippen LogP contribution < -0.4 is 0 Å². The number of carbonyl (C=O) groups is 1. The van der Waals surface area contributed by atoms with E-state index in [2.05, 4.69) is 56.8 Å². The van der Waals surface area contributed by atoms with Crippen LogP contribution in [-0.4, -0.2) is 58.2 Å². The summed E-state index contributed by atoms with van der Waals surface area (Å²) in [4.78, 5) is 19.5. The van der Waals surface area contributed by atoms with Gasteiger partial charge in [-0.15, -0.1) is 0 Å². The first-order valence-corrected chi connectivity index (χ1v) is 15.5. The number of ether oxygens (including phenoxy) is 1. The largest absolute Gasteiger partial charge is 0.380 e. The monoisotopic (exact) mass is 593 g/mol. The Labute approximate surface area is 262 Å². The number of aromatic amines is 1. The third-order valence-electron chi connectivity index (χ3n) is 8.63. The molecule has 2 N–H and O–H groups in total. The lowest BCUT2D eigenvalue weighted by molar-refractivity contribution is 0.0369. The van der Waals surface area contributed by atoms with Crippen LogP contribution in [0.2, 0.25) is 0 Å². The molecule has 0 spiro atoms. The Kier molecular flexibility index (Phi) is 8.31. The maximum Gasteiger partial charge on any atom is 0.196 e. The van der Waals surface area contributed by atoms with Crippen LogP contribution in [0.5, 0.6) is 0 Å². The van der Waals surface area contributed by atoms with Crippen molar-refractivity contribution < 1.29 is 14.6 Å². The number of fused-ring (bicyclic) bond motifs is 2. The van der Waals surface area contributed by atoms with Crippen LogP contribution in [0.4, 0.5) is 0 Å². The highest BCUT2D eigenvalue weighted by molar-refractivity contribution is 6.07. The first-order chi connectivity index (χ1) is 22.1. The molecule has 0 amide bonds. The van der Waals surface area contributed by atoms with E-state index in [1.54, 1.807) is 18.2 Å². The van der Waals surface area contributed by atoms with Crippen LogP contribution in [0.25, 0.3) is 32.9 Å². The van der Waals surface area contributed by atoms with Gasteiger partial charge in [-0.1, -0.05) is 66.4 Å². The van der Waals surface area contributed by atoms with Crippen molar-refractivity contribution in [2.45, 2.75) is 19.1 Å². The number of Topliss-reactive ketones (excluding diaryl/α,β-unsaturated/α-hetero) is 1. The minimum absolute atomic E-state index is 0.359. The molecule has 45 heavy (non-hydrogen) atoms. The Balaban J connectivity index is 1.20. The fraction of sp³-hybridized carbons (Fsp3) is 0.205. The molecule has 6 heteroatoms. The molecule has 1 fully saturated rings. The molecule has 2 aromatic heterocycles. The van der Waals surface area contributed by atoms with E-state index < -0.39 is 6.10 Å². The predicted molar refractivity (Wildman–Crippen MR) is 179 cm³/mol. The van der Waals surface area contributed by atoms with E-state index in [0.29, 0.717) is 16.7 Å². The van der Waals surface area contributed by atoms with Gasteiger partial charge in [0.15, 0.2) is 5.78 Å². The number of aryl methyl sites for hydroxylation is 1. The van der Waals surface area contributed by atoms with E-state index in [0.717, 1.165) is 78.8 Å². The Morgan fingerprint density at radius 2 is 1.73 bits per heavy atom. The number of benzene rings is 4. The Hall–Kier alpha value is -4.93. The van der Waals surface area contributed by atoms with Crippen LogP contribution in [0.15, 0.2) is 109 Å². The molecular formula is C39H35N3O3. The van der Waals surface area contributed by atoms with Gasteiger partial charge < -0.3 is 19.4 Å². The van der Waals surface area contributed by atoms with Crippen molar-refractivity contribution in [2.75, 3.05) is 32.8 Å². The van der Waals surface area contributed by atoms with Crippen molar-refractivity contribution in [1.82, 2.24) is 14.5 Å². The van der Waals surface area contributed by atoms with Gasteiger partial charge in [0.1, 0.15) is 6.10 Å². The van der Waals surface area contributed by atoms with Crippen LogP contribution in [-0.2, 0) is 11.3 Å². The van der Waals surface area contributed by atoms with E-state index in [-0.39, 0.29) is 5.78 Å². The Bertz CT molecular complexity index is 2020. The number of nitrogens with one attached hydrogen (secondary N) is 1. The quantitative estimate of drug-likeness (QED) is 0.150. The lowest BCUT2D eigenvalue weighted by atomic mass is 9.89. The zero-order valence-electron chi connectivity index (χ0n) is 25.1. The fourth-order valence-electron chi connectivity index (χ4n) is 6.21. The summed E-state index contributed by atoms with van der Waals surface area (Å²) in [6.07, 6.45) is 3.88. The molecule has 1 unspecified atom stereocenters. The van der Waals surface area contributed by atoms with Gasteiger partial charge in [-0.2, -0.15) is 0 Å². The van der Waals surface area contributed by atoms with Crippen molar-refractivity contribution in [3.05, 3.63) is 132 Å². The summed E-state index contributed by atoms with van der Waals surface area (Å²) < 4.78 is 7.78. The second kappa shape index (κ2) is 13.0. The number of nitrogens with zero attached hydrogens (tertiary/aromatic N) is 2. The maximum atomic E-state index is 13.8. The van der Waals surface area contributed by atoms with Gasteiger partial charge in [-0.3, -0.25) is 9.69 Å². The summed E-state index contributed by atoms with van der Waals surface area (Å²) in [6, 6.07) is 31.2. The normalized spacial score (nSPS) is 14.3. The molecule has 1 aliphatic heterocycles. The van der Waals surface area contributed by atoms with Crippen LogP contribution in [0.1, 0.15) is 39.6 Å². The summed E-state index contributed by atoms with van der Waals surface area (Å²) in [5.74, 6) is 6.37. The molecule has 1 aliphatic rings. The minimum atomic E-state index is -1.28. The standard InChI is InChI=1S/C39H35N3O3/c43-38(31-6-2-1-3-7-31)39(44)34-9-4-8-30(37(34)33-14-13-29-16-18-40-35(29)27-33)12-10-28-11-15-36-32(26-28)17-21-42(36)20-5-19-41-22-24-45-25-23-41/h1-4,6-9,11,13-18,21,26-27,38,40,43H,5,19-20,22-25H2. The van der Waals surface area contributed by atoms with Crippen LogP contribution in [0.3, 0.4) is 0 Å². The van der Waals surface area contributed by atoms with Gasteiger partial charge in [0.05, 0.1) is 13.2 Å². The lowest BCUT2D eigenvalue weighted by Crippen LogP contribution is -2.37. The molecule has 3 heterocycles. The van der Waals surface area contributed by atoms with Gasteiger partial charge >= 0.3 is 0 Å². The van der Waals surface area contributed by atoms with Gasteiger partial charge in [-0.25, -0.2) is 0 Å². The van der Waals surface area contributed by atoms with Crippen LogP contribution in [0, 0.1) is 11.8 Å². The number of aromatic nitrogens is 2. The molecule has 1 atom stereocenters. The van der Waals surface area contributed by atoms with Gasteiger partial charge in [0, 0.05) is 77.2 Å². The second-order valence-corrected chi connectivity index (χ2v) is 11.5. The number of hydrogen-bond donors (Lipinski definition) is 2. The second-order valence-electron chi connectivity index (χ2n) is 11.5. The average Bonchev–Trinajstić information content (AvgIpc) is 3.74.